The predicted molar refractivity (Wildman–Crippen MR) is 71.1 cm³/mol. The van der Waals surface area contributed by atoms with Crippen molar-refractivity contribution in [2.75, 3.05) is 5.32 Å². The summed E-state index contributed by atoms with van der Waals surface area (Å²) in [6, 6.07) is 8.08. The molecule has 0 bridgehead atoms. The first-order valence-electron chi connectivity index (χ1n) is 4.24. The number of halogens is 2. The molecule has 0 saturated carbocycles. The molecule has 15 heavy (non-hydrogen) atoms. The quantitative estimate of drug-likeness (QED) is 0.817. The van der Waals surface area contributed by atoms with Crippen LogP contribution in [0.3, 0.4) is 0 Å². The highest BCUT2D eigenvalue weighted by Crippen LogP contribution is 2.17. The van der Waals surface area contributed by atoms with Crippen LogP contribution in [-0.2, 0) is 7.05 Å². The van der Waals surface area contributed by atoms with Gasteiger partial charge in [0, 0.05) is 16.3 Å². The number of nitrogens with zero attached hydrogens (tertiary/aromatic N) is 3. The number of nitrogens with one attached hydrogen (secondary N) is 1. The minimum atomic E-state index is 0.581. The van der Waals surface area contributed by atoms with E-state index in [1.54, 1.807) is 4.68 Å². The Hall–Kier alpha value is -0.630. The molecule has 1 aromatic heterocycles. The van der Waals surface area contributed by atoms with Gasteiger partial charge in [0.1, 0.15) is 0 Å². The summed E-state index contributed by atoms with van der Waals surface area (Å²) in [5.74, 6) is 0.711. The van der Waals surface area contributed by atoms with Crippen LogP contribution in [0.25, 0.3) is 0 Å². The summed E-state index contributed by atoms with van der Waals surface area (Å²) < 4.78 is 3.47. The molecule has 0 spiro atoms. The summed E-state index contributed by atoms with van der Waals surface area (Å²) in [7, 11) is 1.84. The first kappa shape index (κ1) is 10.9. The number of anilines is 2. The van der Waals surface area contributed by atoms with Crippen LogP contribution in [0.1, 0.15) is 0 Å². The molecular formula is C9H8BrIN4. The summed E-state index contributed by atoms with van der Waals surface area (Å²) in [4.78, 5) is 4.18. The zero-order valence-electron chi connectivity index (χ0n) is 7.91. The predicted octanol–water partition coefficient (Wildman–Crippen LogP) is 2.93. The standard InChI is InChI=1S/C9H8BrIN4/c1-15-9(13-8(10)14-15)12-7-4-2-6(11)3-5-7/h2-5H,1H3,(H,12,13,14). The number of rotatable bonds is 2. The van der Waals surface area contributed by atoms with Crippen LogP contribution in [0.5, 0.6) is 0 Å². The molecular weight excluding hydrogens is 371 g/mol. The van der Waals surface area contributed by atoms with Gasteiger partial charge in [0.15, 0.2) is 0 Å². The molecule has 0 amide bonds. The first-order chi connectivity index (χ1) is 7.15. The average Bonchev–Trinajstić information content (AvgIpc) is 2.49. The Morgan fingerprint density at radius 3 is 2.53 bits per heavy atom. The van der Waals surface area contributed by atoms with Crippen molar-refractivity contribution in [2.45, 2.75) is 0 Å². The highest BCUT2D eigenvalue weighted by Gasteiger charge is 2.04. The van der Waals surface area contributed by atoms with Crippen molar-refractivity contribution >= 4 is 50.2 Å². The lowest BCUT2D eigenvalue weighted by atomic mass is 10.3. The van der Waals surface area contributed by atoms with Crippen molar-refractivity contribution in [3.63, 3.8) is 0 Å². The molecule has 0 unspecified atom stereocenters. The van der Waals surface area contributed by atoms with E-state index in [-0.39, 0.29) is 0 Å². The molecule has 0 aliphatic heterocycles. The fourth-order valence-corrected chi connectivity index (χ4v) is 1.89. The Labute approximate surface area is 109 Å². The average molecular weight is 379 g/mol. The lowest BCUT2D eigenvalue weighted by molar-refractivity contribution is 0.769. The summed E-state index contributed by atoms with van der Waals surface area (Å²) in [5, 5.41) is 7.26. The molecule has 2 rings (SSSR count). The second kappa shape index (κ2) is 4.48. The second-order valence-corrected chi connectivity index (χ2v) is 4.91. The van der Waals surface area contributed by atoms with Crippen LogP contribution in [0, 0.1) is 3.57 Å². The molecule has 0 aliphatic carbocycles. The number of aryl methyl sites for hydroxylation is 1. The van der Waals surface area contributed by atoms with E-state index in [1.165, 1.54) is 3.57 Å². The Morgan fingerprint density at radius 2 is 2.00 bits per heavy atom. The van der Waals surface area contributed by atoms with E-state index >= 15 is 0 Å². The van der Waals surface area contributed by atoms with E-state index in [0.29, 0.717) is 10.7 Å². The number of benzene rings is 1. The molecule has 1 aromatic carbocycles. The minimum Gasteiger partial charge on any atom is -0.324 e. The summed E-state index contributed by atoms with van der Waals surface area (Å²) in [5.41, 5.74) is 0.999. The lowest BCUT2D eigenvalue weighted by Gasteiger charge is -2.04. The zero-order valence-corrected chi connectivity index (χ0v) is 11.7. The SMILES string of the molecule is Cn1nc(Br)nc1Nc1ccc(I)cc1. The van der Waals surface area contributed by atoms with Crippen LogP contribution in [0.15, 0.2) is 29.0 Å². The van der Waals surface area contributed by atoms with Crippen molar-refractivity contribution in [2.24, 2.45) is 7.05 Å². The minimum absolute atomic E-state index is 0.581. The van der Waals surface area contributed by atoms with Crippen LogP contribution in [-0.4, -0.2) is 14.8 Å². The third-order valence-corrected chi connectivity index (χ3v) is 2.89. The van der Waals surface area contributed by atoms with Gasteiger partial charge < -0.3 is 5.32 Å². The molecule has 1 N–H and O–H groups in total. The molecule has 0 fully saturated rings. The van der Waals surface area contributed by atoms with Crippen molar-refractivity contribution in [3.8, 4) is 0 Å². The van der Waals surface area contributed by atoms with Crippen molar-refractivity contribution in [1.29, 1.82) is 0 Å². The van der Waals surface area contributed by atoms with Gasteiger partial charge in [0.05, 0.1) is 0 Å². The van der Waals surface area contributed by atoms with Gasteiger partial charge in [-0.2, -0.15) is 4.98 Å². The highest BCUT2D eigenvalue weighted by molar-refractivity contribution is 14.1. The second-order valence-electron chi connectivity index (χ2n) is 2.96. The molecule has 0 radical (unpaired) electrons. The van der Waals surface area contributed by atoms with E-state index in [9.17, 15) is 0 Å². The van der Waals surface area contributed by atoms with Gasteiger partial charge in [-0.05, 0) is 62.8 Å². The van der Waals surface area contributed by atoms with Gasteiger partial charge in [-0.15, -0.1) is 5.10 Å². The number of hydrogen-bond acceptors (Lipinski definition) is 3. The van der Waals surface area contributed by atoms with Crippen LogP contribution in [0.4, 0.5) is 11.6 Å². The van der Waals surface area contributed by atoms with E-state index in [2.05, 4.69) is 53.9 Å². The van der Waals surface area contributed by atoms with Gasteiger partial charge >= 0.3 is 0 Å². The van der Waals surface area contributed by atoms with E-state index < -0.39 is 0 Å². The highest BCUT2D eigenvalue weighted by atomic mass is 127. The molecule has 0 saturated heterocycles. The largest absolute Gasteiger partial charge is 0.324 e. The molecule has 78 valence electrons. The number of aromatic nitrogens is 3. The van der Waals surface area contributed by atoms with Crippen molar-refractivity contribution in [1.82, 2.24) is 14.8 Å². The van der Waals surface area contributed by atoms with Crippen LogP contribution < -0.4 is 5.32 Å². The van der Waals surface area contributed by atoms with Crippen molar-refractivity contribution in [3.05, 3.63) is 32.6 Å². The maximum Gasteiger partial charge on any atom is 0.226 e. The fraction of sp³-hybridized carbons (Fsp3) is 0.111. The van der Waals surface area contributed by atoms with E-state index in [4.69, 9.17) is 0 Å². The zero-order chi connectivity index (χ0) is 10.8. The van der Waals surface area contributed by atoms with Crippen molar-refractivity contribution < 1.29 is 0 Å². The Bertz CT molecular complexity index is 465. The third kappa shape index (κ3) is 2.69. The summed E-state index contributed by atoms with van der Waals surface area (Å²) >= 11 is 5.49. The summed E-state index contributed by atoms with van der Waals surface area (Å²) in [6.07, 6.45) is 0. The van der Waals surface area contributed by atoms with Crippen LogP contribution >= 0.6 is 38.5 Å². The normalized spacial score (nSPS) is 10.3. The monoisotopic (exact) mass is 378 g/mol. The number of hydrogen-bond donors (Lipinski definition) is 1. The molecule has 6 heteroatoms. The van der Waals surface area contributed by atoms with E-state index in [1.807, 2.05) is 31.3 Å². The molecule has 0 aliphatic rings. The maximum absolute atomic E-state index is 4.18. The molecule has 1 heterocycles. The molecule has 4 nitrogen and oxygen atoms in total. The summed E-state index contributed by atoms with van der Waals surface area (Å²) in [6.45, 7) is 0. The molecule has 0 atom stereocenters. The first-order valence-corrected chi connectivity index (χ1v) is 6.11. The smallest absolute Gasteiger partial charge is 0.226 e. The van der Waals surface area contributed by atoms with E-state index in [0.717, 1.165) is 5.69 Å². The topological polar surface area (TPSA) is 42.7 Å². The van der Waals surface area contributed by atoms with Gasteiger partial charge in [0.25, 0.3) is 0 Å². The Morgan fingerprint density at radius 1 is 1.33 bits per heavy atom. The maximum atomic E-state index is 4.18. The third-order valence-electron chi connectivity index (χ3n) is 1.84. The fourth-order valence-electron chi connectivity index (χ4n) is 1.12. The molecule has 2 aromatic rings. The lowest BCUT2D eigenvalue weighted by Crippen LogP contribution is -1.99. The van der Waals surface area contributed by atoms with Gasteiger partial charge in [-0.25, -0.2) is 4.68 Å². The van der Waals surface area contributed by atoms with Gasteiger partial charge in [0.2, 0.25) is 10.7 Å². The Balaban J connectivity index is 2.21. The van der Waals surface area contributed by atoms with Gasteiger partial charge in [-0.3, -0.25) is 0 Å². The van der Waals surface area contributed by atoms with Crippen LogP contribution in [0.2, 0.25) is 0 Å². The van der Waals surface area contributed by atoms with Gasteiger partial charge in [-0.1, -0.05) is 0 Å². The Kier molecular flexibility index (Phi) is 3.25.